The average Bonchev–Trinajstić information content (AvgIpc) is 3.58. The van der Waals surface area contributed by atoms with Crippen LogP contribution in [0.25, 0.3) is 11.1 Å². The smallest absolute Gasteiger partial charge is 0.402 e. The van der Waals surface area contributed by atoms with E-state index in [1.54, 1.807) is 24.3 Å². The number of nitrogens with two attached hydrogens (primary N) is 9. The number of carbonyl (C=O) groups excluding carboxylic acids is 5. The van der Waals surface area contributed by atoms with Crippen LogP contribution in [-0.2, 0) is 34.9 Å². The van der Waals surface area contributed by atoms with Gasteiger partial charge >= 0.3 is 7.12 Å². The number of amides is 5. The zero-order valence-electron chi connectivity index (χ0n) is 33.1. The molecule has 0 radical (unpaired) electrons. The average molecular weight is 823 g/mol. The van der Waals surface area contributed by atoms with Gasteiger partial charge in [-0.15, -0.1) is 0 Å². The Morgan fingerprint density at radius 1 is 0.746 bits per heavy atom. The van der Waals surface area contributed by atoms with Gasteiger partial charge in [0, 0.05) is 31.0 Å². The van der Waals surface area contributed by atoms with Crippen molar-refractivity contribution in [1.29, 1.82) is 0 Å². The van der Waals surface area contributed by atoms with E-state index in [2.05, 4.69) is 26.6 Å². The summed E-state index contributed by atoms with van der Waals surface area (Å²) in [5.74, 6) is -4.11. The van der Waals surface area contributed by atoms with Gasteiger partial charge in [-0.05, 0) is 73.9 Å². The second kappa shape index (κ2) is 19.2. The molecule has 9 unspecified atom stereocenters. The van der Waals surface area contributed by atoms with Crippen LogP contribution >= 0.6 is 0 Å². The number of carbonyl (C=O) groups is 5. The summed E-state index contributed by atoms with van der Waals surface area (Å²) in [6.07, 6.45) is 1.14. The molecule has 3 saturated carbocycles. The second-order valence-corrected chi connectivity index (χ2v) is 15.6. The maximum Gasteiger partial charge on any atom is 0.498 e. The Bertz CT molecular complexity index is 1820. The molecule has 59 heavy (non-hydrogen) atoms. The first kappa shape index (κ1) is 45.5. The third kappa shape index (κ3) is 10.4. The van der Waals surface area contributed by atoms with Gasteiger partial charge in [0.2, 0.25) is 23.6 Å². The zero-order chi connectivity index (χ0) is 43.2. The molecule has 2 aromatic carbocycles. The molecule has 1 aliphatic heterocycles. The Morgan fingerprint density at radius 3 is 1.88 bits per heavy atom. The molecule has 22 heteroatoms. The molecule has 9 atom stereocenters. The first-order valence-electron chi connectivity index (χ1n) is 19.7. The van der Waals surface area contributed by atoms with E-state index in [0.717, 1.165) is 24.0 Å². The fraction of sp³-hybridized carbons (Fsp3) is 0.541. The van der Waals surface area contributed by atoms with Crippen molar-refractivity contribution < 1.29 is 33.3 Å². The zero-order valence-corrected chi connectivity index (χ0v) is 33.1. The molecule has 23 N–H and O–H groups in total. The van der Waals surface area contributed by atoms with E-state index in [-0.39, 0.29) is 36.9 Å². The van der Waals surface area contributed by atoms with Gasteiger partial charge in [-0.2, -0.15) is 0 Å². The predicted molar refractivity (Wildman–Crippen MR) is 219 cm³/mol. The summed E-state index contributed by atoms with van der Waals surface area (Å²) >= 11 is 0. The van der Waals surface area contributed by atoms with E-state index >= 15 is 0 Å². The van der Waals surface area contributed by atoms with E-state index in [4.69, 9.17) is 60.9 Å². The second-order valence-electron chi connectivity index (χ2n) is 15.6. The highest BCUT2D eigenvalue weighted by molar-refractivity contribution is 6.47. The Labute approximate surface area is 342 Å². The van der Waals surface area contributed by atoms with Gasteiger partial charge in [-0.25, -0.2) is 0 Å². The summed E-state index contributed by atoms with van der Waals surface area (Å²) in [7, 11) is -1.14. The normalized spacial score (nSPS) is 24.1. The molecule has 0 aromatic heterocycles. The molecule has 1 saturated heterocycles. The maximum atomic E-state index is 13.3. The van der Waals surface area contributed by atoms with Gasteiger partial charge in [0.15, 0.2) is 0 Å². The SMILES string of the molecule is CC(NC(=O)C(CN)NC(=O)C(CN)NC(=O)c1ccc(-c2ccc(CCCN)cc2)cc1)C(=O)NC(CC(N)N)C(=O)NC(N)B1OC2CC3CC(C3(N)N)C2(N)O1. The highest BCUT2D eigenvalue weighted by atomic mass is 16.7. The molecule has 6 rings (SSSR count). The van der Waals surface area contributed by atoms with Crippen molar-refractivity contribution in [3.05, 3.63) is 59.7 Å². The lowest BCUT2D eigenvalue weighted by Gasteiger charge is -2.62. The molecular weight excluding hydrogens is 763 g/mol. The van der Waals surface area contributed by atoms with Crippen LogP contribution in [0.3, 0.4) is 0 Å². The summed E-state index contributed by atoms with van der Waals surface area (Å²) in [4.78, 5) is 66.0. The standard InChI is InChI=1S/C37H59BN14O7/c1-18(30(53)49-24(15-29(42)43)32(55)52-35(44)38-58-28-14-23-13-27(36(23,45)46)37(28,47)59-38)48-33(56)25(16-40)51-34(57)26(17-41)50-31(54)22-10-8-21(9-11-22)20-6-4-19(5-7-20)3-2-12-39/h4-11,18,23-29,35H,2-3,12-17,39-47H2,1H3,(H,48,56)(H,49,53)(H,50,54)(H,51,57)(H,52,55). The van der Waals surface area contributed by atoms with Crippen LogP contribution in [0.5, 0.6) is 0 Å². The molecule has 5 amide bonds. The Balaban J connectivity index is 1.10. The van der Waals surface area contributed by atoms with Crippen molar-refractivity contribution in [2.24, 2.45) is 63.4 Å². The van der Waals surface area contributed by atoms with Crippen molar-refractivity contribution in [3.63, 3.8) is 0 Å². The van der Waals surface area contributed by atoms with Crippen molar-refractivity contribution in [2.45, 2.75) is 92.9 Å². The van der Waals surface area contributed by atoms with Crippen LogP contribution in [0.2, 0.25) is 0 Å². The first-order chi connectivity index (χ1) is 27.9. The van der Waals surface area contributed by atoms with Gasteiger partial charge in [0.05, 0.1) is 17.9 Å². The lowest BCUT2D eigenvalue weighted by atomic mass is 9.53. The summed E-state index contributed by atoms with van der Waals surface area (Å²) < 4.78 is 11.9. The highest BCUT2D eigenvalue weighted by Crippen LogP contribution is 2.56. The maximum absolute atomic E-state index is 13.3. The fourth-order valence-electron chi connectivity index (χ4n) is 7.70. The summed E-state index contributed by atoms with van der Waals surface area (Å²) in [5, 5.41) is 12.5. The third-order valence-corrected chi connectivity index (χ3v) is 11.3. The van der Waals surface area contributed by atoms with E-state index < -0.39 is 90.5 Å². The van der Waals surface area contributed by atoms with E-state index in [9.17, 15) is 24.0 Å². The Morgan fingerprint density at radius 2 is 1.31 bits per heavy atom. The molecule has 1 heterocycles. The largest absolute Gasteiger partial charge is 0.498 e. The molecule has 4 fully saturated rings. The molecule has 3 aliphatic carbocycles. The molecule has 2 bridgehead atoms. The lowest BCUT2D eigenvalue weighted by Crippen LogP contribution is -2.82. The number of rotatable bonds is 19. The quantitative estimate of drug-likeness (QED) is 0.0464. The van der Waals surface area contributed by atoms with Crippen molar-refractivity contribution >= 4 is 36.7 Å². The van der Waals surface area contributed by atoms with Gasteiger partial charge in [0.1, 0.15) is 36.0 Å². The van der Waals surface area contributed by atoms with Crippen molar-refractivity contribution in [3.8, 4) is 11.1 Å². The minimum atomic E-state index is -1.32. The van der Waals surface area contributed by atoms with E-state index in [0.29, 0.717) is 19.4 Å². The van der Waals surface area contributed by atoms with E-state index in [1.807, 2.05) is 24.3 Å². The van der Waals surface area contributed by atoms with E-state index in [1.165, 1.54) is 12.5 Å². The van der Waals surface area contributed by atoms with Gasteiger partial charge in [0.25, 0.3) is 5.91 Å². The van der Waals surface area contributed by atoms with Crippen LogP contribution in [-0.4, -0.2) is 110 Å². The van der Waals surface area contributed by atoms with Crippen LogP contribution in [0, 0.1) is 11.8 Å². The first-order valence-corrected chi connectivity index (χ1v) is 19.7. The summed E-state index contributed by atoms with van der Waals surface area (Å²) in [6, 6.07) is 8.58. The fourth-order valence-corrected chi connectivity index (χ4v) is 7.70. The summed E-state index contributed by atoms with van der Waals surface area (Å²) in [6.45, 7) is 1.31. The van der Waals surface area contributed by atoms with Gasteiger partial charge < -0.3 is 87.5 Å². The van der Waals surface area contributed by atoms with Crippen molar-refractivity contribution in [2.75, 3.05) is 19.6 Å². The van der Waals surface area contributed by atoms with Crippen LogP contribution in [0.1, 0.15) is 48.5 Å². The molecule has 0 spiro atoms. The lowest BCUT2D eigenvalue weighted by molar-refractivity contribution is -0.175. The van der Waals surface area contributed by atoms with Gasteiger partial charge in [-0.3, -0.25) is 24.0 Å². The number of nitrogens with one attached hydrogen (secondary N) is 5. The van der Waals surface area contributed by atoms with Crippen LogP contribution < -0.4 is 78.2 Å². The predicted octanol–water partition coefficient (Wildman–Crippen LogP) is -5.48. The number of aryl methyl sites for hydroxylation is 1. The molecule has 322 valence electrons. The summed E-state index contributed by atoms with van der Waals surface area (Å²) in [5.41, 5.74) is 55.1. The van der Waals surface area contributed by atoms with Gasteiger partial charge in [-0.1, -0.05) is 36.4 Å². The topological polar surface area (TPSA) is 398 Å². The van der Waals surface area contributed by atoms with Crippen LogP contribution in [0.4, 0.5) is 0 Å². The molecule has 21 nitrogen and oxygen atoms in total. The molecule has 2 aromatic rings. The minimum Gasteiger partial charge on any atom is -0.402 e. The minimum absolute atomic E-state index is 0.000563. The number of hydrogen-bond acceptors (Lipinski definition) is 16. The highest BCUT2D eigenvalue weighted by Gasteiger charge is 2.70. The molecular formula is C37H59BN14O7. The van der Waals surface area contributed by atoms with Crippen LogP contribution in [0.15, 0.2) is 48.5 Å². The Kier molecular flexibility index (Phi) is 14.8. The monoisotopic (exact) mass is 822 g/mol. The third-order valence-electron chi connectivity index (χ3n) is 11.3. The molecule has 4 aliphatic rings. The van der Waals surface area contributed by atoms with Crippen molar-refractivity contribution in [1.82, 2.24) is 26.6 Å². The number of benzene rings is 2. The number of hydrogen-bond donors (Lipinski definition) is 14. The Hall–Kier alpha value is -4.59.